The smallest absolute Gasteiger partial charge is 0.448 e. The molecule has 58 heavy (non-hydrogen) atoms. The van der Waals surface area contributed by atoms with E-state index in [2.05, 4.69) is 19.1 Å². The van der Waals surface area contributed by atoms with Crippen LogP contribution in [0.5, 0.6) is 0 Å². The van der Waals surface area contributed by atoms with E-state index in [0.29, 0.717) is 34.2 Å². The highest BCUT2D eigenvalue weighted by Crippen LogP contribution is 2.42. The van der Waals surface area contributed by atoms with Crippen LogP contribution in [0.4, 0.5) is 32.0 Å². The van der Waals surface area contributed by atoms with Gasteiger partial charge in [-0.15, -0.1) is 0 Å². The van der Waals surface area contributed by atoms with Gasteiger partial charge in [-0.2, -0.15) is 26.3 Å². The highest BCUT2D eigenvalue weighted by atomic mass is 19.4. The molecule has 0 aromatic heterocycles. The molecule has 4 rings (SSSR count). The van der Waals surface area contributed by atoms with Crippen molar-refractivity contribution >= 4 is 22.6 Å². The van der Waals surface area contributed by atoms with E-state index in [0.717, 1.165) is 32.1 Å². The van der Waals surface area contributed by atoms with Crippen LogP contribution in [-0.2, 0) is 0 Å². The lowest BCUT2D eigenvalue weighted by Gasteiger charge is -2.25. The van der Waals surface area contributed by atoms with Crippen LogP contribution in [0.25, 0.3) is 33.4 Å². The Labute approximate surface area is 340 Å². The van der Waals surface area contributed by atoms with Gasteiger partial charge >= 0.3 is 12.4 Å². The molecule has 5 nitrogen and oxygen atoms in total. The summed E-state index contributed by atoms with van der Waals surface area (Å²) in [5.41, 5.74) is 2.74. The molecule has 1 heterocycles. The number of hydrogen-bond acceptors (Lipinski definition) is 3. The van der Waals surface area contributed by atoms with Crippen molar-refractivity contribution in [2.45, 2.75) is 123 Å². The summed E-state index contributed by atoms with van der Waals surface area (Å²) in [7, 11) is 1.78. The fraction of sp³-hybridized carbons (Fsp3) is 0.532. The van der Waals surface area contributed by atoms with Gasteiger partial charge in [-0.05, 0) is 75.8 Å². The number of rotatable bonds is 23. The predicted molar refractivity (Wildman–Crippen MR) is 225 cm³/mol. The molecule has 11 heteroatoms. The molecule has 0 fully saturated rings. The third kappa shape index (κ3) is 14.2. The number of halogens is 6. The van der Waals surface area contributed by atoms with Crippen LogP contribution >= 0.6 is 0 Å². The monoisotopic (exact) mass is 814 g/mol. The maximum Gasteiger partial charge on any atom is 0.448 e. The number of hydrogen-bond donors (Lipinski definition) is 0. The molecule has 0 bridgehead atoms. The number of benzene rings is 3. The van der Waals surface area contributed by atoms with Crippen LogP contribution in [0.15, 0.2) is 77.2 Å². The standard InChI is InChI=1S/C47H62F6N3O2/c1-5-8-9-10-11-12-13-14-15-16-17-18-19-20-21-24-31-54(4)45(57)39-26-23-22-25-38(39)44-40-29-27-36(55(6-2)34-46(48,49)50)32-42(40)58-43-33-37(28-30-41(43)44)56(7-3)35-47(51,52)53/h14-15,22-23,25-30,32-33H,5-13,16-21,24,31,34-35H2,1-4H3/q+1/b15-14-. The first-order chi connectivity index (χ1) is 27.8. The normalized spacial score (nSPS) is 12.9. The van der Waals surface area contributed by atoms with Crippen molar-refractivity contribution in [2.24, 2.45) is 0 Å². The number of allylic oxidation sites excluding steroid dienone is 2. The zero-order valence-corrected chi connectivity index (χ0v) is 34.8. The topological polar surface area (TPSA) is 39.7 Å². The summed E-state index contributed by atoms with van der Waals surface area (Å²) in [5.74, 6) is 0.0692. The summed E-state index contributed by atoms with van der Waals surface area (Å²) in [6.07, 6.45) is 12.5. The van der Waals surface area contributed by atoms with Gasteiger partial charge in [0.1, 0.15) is 24.4 Å². The minimum Gasteiger partial charge on any atom is -0.456 e. The van der Waals surface area contributed by atoms with E-state index in [9.17, 15) is 31.1 Å². The molecule has 1 amide bonds. The molecule has 318 valence electrons. The Morgan fingerprint density at radius 3 is 1.98 bits per heavy atom. The highest BCUT2D eigenvalue weighted by Gasteiger charge is 2.34. The van der Waals surface area contributed by atoms with E-state index in [-0.39, 0.29) is 41.4 Å². The Balaban J connectivity index is 1.52. The molecule has 0 atom stereocenters. The van der Waals surface area contributed by atoms with Crippen molar-refractivity contribution < 1.29 is 35.6 Å². The highest BCUT2D eigenvalue weighted by molar-refractivity contribution is 6.09. The van der Waals surface area contributed by atoms with Gasteiger partial charge in [-0.25, -0.2) is 4.58 Å². The Bertz CT molecular complexity index is 1950. The quantitative estimate of drug-likeness (QED) is 0.0246. The molecular weight excluding hydrogens is 753 g/mol. The summed E-state index contributed by atoms with van der Waals surface area (Å²) < 4.78 is 88.5. The molecule has 0 spiro atoms. The van der Waals surface area contributed by atoms with E-state index in [1.165, 1.54) is 79.4 Å². The molecule has 2 aliphatic rings. The average Bonchev–Trinajstić information content (AvgIpc) is 3.19. The van der Waals surface area contributed by atoms with Gasteiger partial charge in [-0.1, -0.05) is 95.1 Å². The van der Waals surface area contributed by atoms with Crippen LogP contribution in [0, 0.1) is 0 Å². The summed E-state index contributed by atoms with van der Waals surface area (Å²) >= 11 is 0. The van der Waals surface area contributed by atoms with Gasteiger partial charge in [0.2, 0.25) is 11.9 Å². The molecule has 1 aliphatic heterocycles. The Morgan fingerprint density at radius 1 is 0.724 bits per heavy atom. The molecule has 1 aliphatic carbocycles. The second-order valence-corrected chi connectivity index (χ2v) is 15.3. The fourth-order valence-electron chi connectivity index (χ4n) is 7.55. The maximum absolute atomic E-state index is 14.1. The van der Waals surface area contributed by atoms with Crippen molar-refractivity contribution in [3.63, 3.8) is 0 Å². The number of nitrogens with zero attached hydrogens (tertiary/aromatic N) is 3. The van der Waals surface area contributed by atoms with E-state index >= 15 is 0 Å². The molecule has 0 N–H and O–H groups in total. The molecule has 0 radical (unpaired) electrons. The zero-order valence-electron chi connectivity index (χ0n) is 34.8. The molecular formula is C47H62F6N3O2+. The Kier molecular flexibility index (Phi) is 18.2. The summed E-state index contributed by atoms with van der Waals surface area (Å²) in [4.78, 5) is 17.0. The number of fused-ring (bicyclic) bond motifs is 2. The summed E-state index contributed by atoms with van der Waals surface area (Å²) in [6.45, 7) is 3.91. The number of amides is 1. The minimum absolute atomic E-state index is 0.0825. The van der Waals surface area contributed by atoms with Crippen molar-refractivity contribution in [1.82, 2.24) is 9.48 Å². The van der Waals surface area contributed by atoms with Crippen LogP contribution in [0.3, 0.4) is 0 Å². The lowest BCUT2D eigenvalue weighted by atomic mass is 9.90. The third-order valence-corrected chi connectivity index (χ3v) is 10.7. The van der Waals surface area contributed by atoms with Gasteiger partial charge in [0, 0.05) is 60.0 Å². The molecule has 0 saturated heterocycles. The first-order valence-corrected chi connectivity index (χ1v) is 21.2. The SMILES string of the molecule is CCCCCCCC/C=C\CCCCCCCCN(C)C(=O)c1ccccc1-c1c2ccc(=[N+](CC)CC(F)(F)F)cc-2oc2cc(N(CC)CC(F)(F)F)ccc12. The van der Waals surface area contributed by atoms with E-state index in [1.54, 1.807) is 62.2 Å². The fourth-order valence-corrected chi connectivity index (χ4v) is 7.55. The summed E-state index contributed by atoms with van der Waals surface area (Å²) in [6, 6.07) is 16.8. The number of carbonyl (C=O) groups is 1. The molecule has 2 aromatic carbocycles. The minimum atomic E-state index is -4.44. The van der Waals surface area contributed by atoms with Crippen LogP contribution in [-0.4, -0.2) is 62.9 Å². The molecule has 2 aromatic rings. The second-order valence-electron chi connectivity index (χ2n) is 15.3. The first kappa shape index (κ1) is 46.4. The predicted octanol–water partition coefficient (Wildman–Crippen LogP) is 13.1. The van der Waals surface area contributed by atoms with Gasteiger partial charge in [0.15, 0.2) is 0 Å². The Hall–Kier alpha value is -4.28. The van der Waals surface area contributed by atoms with E-state index in [4.69, 9.17) is 4.42 Å². The summed E-state index contributed by atoms with van der Waals surface area (Å²) in [5, 5.41) is 0.843. The average molecular weight is 815 g/mol. The van der Waals surface area contributed by atoms with Gasteiger partial charge < -0.3 is 14.2 Å². The van der Waals surface area contributed by atoms with E-state index in [1.807, 2.05) is 12.1 Å². The lowest BCUT2D eigenvalue weighted by Crippen LogP contribution is -2.37. The van der Waals surface area contributed by atoms with Gasteiger partial charge in [0.05, 0.1) is 6.07 Å². The molecule has 0 saturated carbocycles. The van der Waals surface area contributed by atoms with Crippen molar-refractivity contribution in [3.05, 3.63) is 83.7 Å². The zero-order chi connectivity index (χ0) is 42.1. The Morgan fingerprint density at radius 2 is 1.36 bits per heavy atom. The van der Waals surface area contributed by atoms with Gasteiger partial charge in [0.25, 0.3) is 5.91 Å². The van der Waals surface area contributed by atoms with Crippen LogP contribution in [0.1, 0.15) is 121 Å². The lowest BCUT2D eigenvalue weighted by molar-refractivity contribution is -0.128. The number of alkyl halides is 6. The maximum atomic E-state index is 14.1. The molecule has 0 unspecified atom stereocenters. The van der Waals surface area contributed by atoms with Crippen molar-refractivity contribution in [2.75, 3.05) is 44.7 Å². The number of anilines is 1. The van der Waals surface area contributed by atoms with Crippen LogP contribution < -0.4 is 14.8 Å². The largest absolute Gasteiger partial charge is 0.456 e. The number of unbranched alkanes of at least 4 members (excludes halogenated alkanes) is 12. The third-order valence-electron chi connectivity index (χ3n) is 10.7. The van der Waals surface area contributed by atoms with Crippen molar-refractivity contribution in [3.8, 4) is 22.5 Å². The van der Waals surface area contributed by atoms with Crippen molar-refractivity contribution in [1.29, 1.82) is 0 Å². The number of carbonyl (C=O) groups excluding carboxylic acids is 1. The van der Waals surface area contributed by atoms with E-state index < -0.39 is 25.4 Å². The van der Waals surface area contributed by atoms with Crippen LogP contribution in [0.2, 0.25) is 0 Å². The first-order valence-electron chi connectivity index (χ1n) is 21.2. The second kappa shape index (κ2) is 22.8. The van der Waals surface area contributed by atoms with Gasteiger partial charge in [-0.3, -0.25) is 4.79 Å².